The minimum Gasteiger partial charge on any atom is -0.370 e. The zero-order valence-corrected chi connectivity index (χ0v) is 12.2. The molecule has 1 atom stereocenters. The van der Waals surface area contributed by atoms with E-state index in [0.29, 0.717) is 6.04 Å². The van der Waals surface area contributed by atoms with Crippen LogP contribution in [0.5, 0.6) is 0 Å². The van der Waals surface area contributed by atoms with Gasteiger partial charge in [0, 0.05) is 18.7 Å². The Balaban J connectivity index is 2.60. The minimum atomic E-state index is 0.441. The van der Waals surface area contributed by atoms with Gasteiger partial charge in [-0.1, -0.05) is 13.8 Å². The zero-order valence-electron chi connectivity index (χ0n) is 12.2. The van der Waals surface area contributed by atoms with Gasteiger partial charge in [-0.05, 0) is 39.5 Å². The number of anilines is 2. The third-order valence-corrected chi connectivity index (χ3v) is 2.77. The summed E-state index contributed by atoms with van der Waals surface area (Å²) in [5, 5.41) is 6.67. The van der Waals surface area contributed by atoms with Crippen LogP contribution >= 0.6 is 0 Å². The van der Waals surface area contributed by atoms with Crippen molar-refractivity contribution in [2.45, 2.75) is 53.5 Å². The summed E-state index contributed by atoms with van der Waals surface area (Å²) in [5.41, 5.74) is 0. The van der Waals surface area contributed by atoms with Crippen molar-refractivity contribution in [1.82, 2.24) is 9.97 Å². The SMILES string of the molecule is CCNc1cc(NC(C)CCC(C)C)nc(C)n1. The van der Waals surface area contributed by atoms with E-state index >= 15 is 0 Å². The van der Waals surface area contributed by atoms with Crippen molar-refractivity contribution in [3.8, 4) is 0 Å². The molecule has 0 fully saturated rings. The molecular weight excluding hydrogens is 224 g/mol. The maximum absolute atomic E-state index is 4.42. The third-order valence-electron chi connectivity index (χ3n) is 2.77. The second kappa shape index (κ2) is 7.19. The molecule has 18 heavy (non-hydrogen) atoms. The lowest BCUT2D eigenvalue weighted by Crippen LogP contribution is -2.17. The van der Waals surface area contributed by atoms with Gasteiger partial charge < -0.3 is 10.6 Å². The maximum Gasteiger partial charge on any atom is 0.132 e. The molecule has 1 aromatic heterocycles. The summed E-state index contributed by atoms with van der Waals surface area (Å²) in [4.78, 5) is 8.76. The summed E-state index contributed by atoms with van der Waals surface area (Å²) in [5.74, 6) is 3.35. The standard InChI is InChI=1S/C14H26N4/c1-6-15-13-9-14(18-12(5)17-13)16-11(4)8-7-10(2)3/h9-11H,6-8H2,1-5H3,(H2,15,16,17,18). The van der Waals surface area contributed by atoms with Gasteiger partial charge >= 0.3 is 0 Å². The first-order valence-electron chi connectivity index (χ1n) is 6.87. The second-order valence-corrected chi connectivity index (χ2v) is 5.23. The first-order chi connectivity index (χ1) is 8.51. The molecule has 0 aromatic carbocycles. The van der Waals surface area contributed by atoms with Gasteiger partial charge in [0.15, 0.2) is 0 Å². The Bertz CT molecular complexity index is 363. The Hall–Kier alpha value is -1.32. The van der Waals surface area contributed by atoms with Crippen LogP contribution in [0.25, 0.3) is 0 Å². The topological polar surface area (TPSA) is 49.8 Å². The Kier molecular flexibility index (Phi) is 5.89. The van der Waals surface area contributed by atoms with E-state index in [4.69, 9.17) is 0 Å². The van der Waals surface area contributed by atoms with Crippen LogP contribution < -0.4 is 10.6 Å². The Morgan fingerprint density at radius 1 is 1.11 bits per heavy atom. The Morgan fingerprint density at radius 3 is 2.39 bits per heavy atom. The molecule has 0 aliphatic rings. The number of hydrogen-bond acceptors (Lipinski definition) is 4. The number of hydrogen-bond donors (Lipinski definition) is 2. The predicted octanol–water partition coefficient (Wildman–Crippen LogP) is 3.45. The quantitative estimate of drug-likeness (QED) is 0.778. The van der Waals surface area contributed by atoms with E-state index in [-0.39, 0.29) is 0 Å². The van der Waals surface area contributed by atoms with Gasteiger partial charge in [0.05, 0.1) is 0 Å². The van der Waals surface area contributed by atoms with Crippen LogP contribution in [0.1, 0.15) is 46.4 Å². The van der Waals surface area contributed by atoms with Crippen LogP contribution in [0, 0.1) is 12.8 Å². The van der Waals surface area contributed by atoms with Crippen molar-refractivity contribution in [2.75, 3.05) is 17.2 Å². The molecule has 1 unspecified atom stereocenters. The number of aromatic nitrogens is 2. The third kappa shape index (κ3) is 5.34. The molecule has 0 saturated heterocycles. The molecule has 0 aliphatic carbocycles. The molecule has 2 N–H and O–H groups in total. The van der Waals surface area contributed by atoms with Crippen LogP contribution in [0.15, 0.2) is 6.07 Å². The van der Waals surface area contributed by atoms with Gasteiger partial charge in [-0.3, -0.25) is 0 Å². The van der Waals surface area contributed by atoms with E-state index < -0.39 is 0 Å². The summed E-state index contributed by atoms with van der Waals surface area (Å²) in [6.45, 7) is 11.6. The Labute approximate surface area is 111 Å². The fourth-order valence-corrected chi connectivity index (χ4v) is 1.82. The molecule has 0 spiro atoms. The van der Waals surface area contributed by atoms with Gasteiger partial charge in [0.2, 0.25) is 0 Å². The average Bonchev–Trinajstić information content (AvgIpc) is 2.26. The molecule has 0 radical (unpaired) electrons. The highest BCUT2D eigenvalue weighted by molar-refractivity contribution is 5.47. The van der Waals surface area contributed by atoms with Crippen molar-refractivity contribution in [3.63, 3.8) is 0 Å². The van der Waals surface area contributed by atoms with Crippen molar-refractivity contribution < 1.29 is 0 Å². The summed E-state index contributed by atoms with van der Waals surface area (Å²) in [6, 6.07) is 2.42. The molecule has 0 amide bonds. The highest BCUT2D eigenvalue weighted by Gasteiger charge is 2.06. The zero-order chi connectivity index (χ0) is 13.5. The van der Waals surface area contributed by atoms with E-state index in [1.807, 2.05) is 13.0 Å². The molecule has 4 nitrogen and oxygen atoms in total. The molecule has 4 heteroatoms. The van der Waals surface area contributed by atoms with Crippen molar-refractivity contribution >= 4 is 11.6 Å². The lowest BCUT2D eigenvalue weighted by molar-refractivity contribution is 0.527. The van der Waals surface area contributed by atoms with Crippen LogP contribution in [0.3, 0.4) is 0 Å². The van der Waals surface area contributed by atoms with Gasteiger partial charge in [-0.15, -0.1) is 0 Å². The molecule has 0 bridgehead atoms. The minimum absolute atomic E-state index is 0.441. The summed E-state index contributed by atoms with van der Waals surface area (Å²) < 4.78 is 0. The first-order valence-corrected chi connectivity index (χ1v) is 6.87. The lowest BCUT2D eigenvalue weighted by atomic mass is 10.0. The molecule has 1 rings (SSSR count). The van der Waals surface area contributed by atoms with Gasteiger partial charge in [-0.2, -0.15) is 0 Å². The Morgan fingerprint density at radius 2 is 1.78 bits per heavy atom. The van der Waals surface area contributed by atoms with Crippen molar-refractivity contribution in [2.24, 2.45) is 5.92 Å². The van der Waals surface area contributed by atoms with Gasteiger partial charge in [0.25, 0.3) is 0 Å². The highest BCUT2D eigenvalue weighted by Crippen LogP contribution is 2.14. The second-order valence-electron chi connectivity index (χ2n) is 5.23. The van der Waals surface area contributed by atoms with Gasteiger partial charge in [0.1, 0.15) is 17.5 Å². The largest absolute Gasteiger partial charge is 0.370 e. The summed E-state index contributed by atoms with van der Waals surface area (Å²) in [7, 11) is 0. The maximum atomic E-state index is 4.42. The van der Waals surface area contributed by atoms with Crippen LogP contribution in [0.4, 0.5) is 11.6 Å². The van der Waals surface area contributed by atoms with Crippen molar-refractivity contribution in [1.29, 1.82) is 0 Å². The number of aryl methyl sites for hydroxylation is 1. The molecule has 0 saturated carbocycles. The number of nitrogens with zero attached hydrogens (tertiary/aromatic N) is 2. The summed E-state index contributed by atoms with van der Waals surface area (Å²) in [6.07, 6.45) is 2.40. The number of nitrogens with one attached hydrogen (secondary N) is 2. The van der Waals surface area contributed by atoms with Crippen LogP contribution in [0.2, 0.25) is 0 Å². The van der Waals surface area contributed by atoms with E-state index in [9.17, 15) is 0 Å². The normalized spacial score (nSPS) is 12.6. The fraction of sp³-hybridized carbons (Fsp3) is 0.714. The van der Waals surface area contributed by atoms with E-state index in [2.05, 4.69) is 48.3 Å². The van der Waals surface area contributed by atoms with Crippen LogP contribution in [-0.2, 0) is 0 Å². The first kappa shape index (κ1) is 14.7. The fourth-order valence-electron chi connectivity index (χ4n) is 1.82. The number of rotatable bonds is 7. The van der Waals surface area contributed by atoms with Crippen molar-refractivity contribution in [3.05, 3.63) is 11.9 Å². The van der Waals surface area contributed by atoms with E-state index in [1.165, 1.54) is 6.42 Å². The van der Waals surface area contributed by atoms with Gasteiger partial charge in [-0.25, -0.2) is 9.97 Å². The monoisotopic (exact) mass is 250 g/mol. The smallest absolute Gasteiger partial charge is 0.132 e. The van der Waals surface area contributed by atoms with E-state index in [1.54, 1.807) is 0 Å². The predicted molar refractivity (Wildman–Crippen MR) is 78.1 cm³/mol. The molecular formula is C14H26N4. The summed E-state index contributed by atoms with van der Waals surface area (Å²) >= 11 is 0. The van der Waals surface area contributed by atoms with Crippen LogP contribution in [-0.4, -0.2) is 22.6 Å². The lowest BCUT2D eigenvalue weighted by Gasteiger charge is -2.16. The molecule has 102 valence electrons. The van der Waals surface area contributed by atoms with E-state index in [0.717, 1.165) is 36.3 Å². The molecule has 1 heterocycles. The average molecular weight is 250 g/mol. The molecule has 1 aromatic rings. The molecule has 0 aliphatic heterocycles. The highest BCUT2D eigenvalue weighted by atomic mass is 15.1.